The SMILES string of the molecule is NC1CO[CH]CN1. The van der Waals surface area contributed by atoms with E-state index in [0.29, 0.717) is 6.61 Å². The zero-order valence-corrected chi connectivity index (χ0v) is 4.05. The second-order valence-electron chi connectivity index (χ2n) is 1.51. The first-order valence-corrected chi connectivity index (χ1v) is 2.32. The lowest BCUT2D eigenvalue weighted by atomic mass is 10.5. The van der Waals surface area contributed by atoms with E-state index >= 15 is 0 Å². The van der Waals surface area contributed by atoms with Gasteiger partial charge in [-0.3, -0.25) is 5.32 Å². The normalized spacial score (nSPS) is 33.0. The van der Waals surface area contributed by atoms with Crippen LogP contribution < -0.4 is 11.1 Å². The van der Waals surface area contributed by atoms with Gasteiger partial charge in [-0.1, -0.05) is 0 Å². The molecule has 3 heteroatoms. The molecule has 0 aromatic rings. The zero-order valence-electron chi connectivity index (χ0n) is 4.05. The van der Waals surface area contributed by atoms with Crippen molar-refractivity contribution < 1.29 is 4.74 Å². The van der Waals surface area contributed by atoms with Crippen LogP contribution in [0.1, 0.15) is 0 Å². The van der Waals surface area contributed by atoms with E-state index in [1.54, 1.807) is 6.61 Å². The fourth-order valence-corrected chi connectivity index (χ4v) is 0.489. The average Bonchev–Trinajstić information content (AvgIpc) is 1.69. The van der Waals surface area contributed by atoms with Crippen molar-refractivity contribution in [1.82, 2.24) is 5.32 Å². The van der Waals surface area contributed by atoms with Gasteiger partial charge >= 0.3 is 0 Å². The van der Waals surface area contributed by atoms with Gasteiger partial charge in [0.15, 0.2) is 0 Å². The number of rotatable bonds is 0. The van der Waals surface area contributed by atoms with E-state index in [2.05, 4.69) is 5.32 Å². The molecular formula is C4H9N2O. The Hall–Kier alpha value is -0.120. The van der Waals surface area contributed by atoms with E-state index in [1.165, 1.54) is 0 Å². The third-order valence-electron chi connectivity index (χ3n) is 0.857. The summed E-state index contributed by atoms with van der Waals surface area (Å²) in [5.74, 6) is 0. The summed E-state index contributed by atoms with van der Waals surface area (Å²) in [6, 6.07) is 0. The van der Waals surface area contributed by atoms with Crippen molar-refractivity contribution in [1.29, 1.82) is 0 Å². The van der Waals surface area contributed by atoms with Gasteiger partial charge < -0.3 is 10.5 Å². The minimum Gasteiger partial charge on any atom is -0.371 e. The first-order chi connectivity index (χ1) is 3.39. The molecule has 1 saturated heterocycles. The highest BCUT2D eigenvalue weighted by molar-refractivity contribution is 4.68. The van der Waals surface area contributed by atoms with Gasteiger partial charge in [0.25, 0.3) is 0 Å². The second-order valence-corrected chi connectivity index (χ2v) is 1.51. The van der Waals surface area contributed by atoms with Crippen LogP contribution >= 0.6 is 0 Å². The summed E-state index contributed by atoms with van der Waals surface area (Å²) in [5, 5.41) is 2.98. The number of nitrogens with two attached hydrogens (primary N) is 1. The molecule has 1 atom stereocenters. The molecule has 0 saturated carbocycles. The maximum Gasteiger partial charge on any atom is 0.0975 e. The predicted octanol–water partition coefficient (Wildman–Crippen LogP) is -0.947. The van der Waals surface area contributed by atoms with E-state index in [1.807, 2.05) is 0 Å². The molecule has 1 unspecified atom stereocenters. The molecule has 0 aromatic carbocycles. The molecular weight excluding hydrogens is 92.1 g/mol. The van der Waals surface area contributed by atoms with Crippen molar-refractivity contribution in [3.05, 3.63) is 6.61 Å². The van der Waals surface area contributed by atoms with Gasteiger partial charge in [0.05, 0.1) is 19.4 Å². The minimum atomic E-state index is 0.0324. The van der Waals surface area contributed by atoms with Crippen molar-refractivity contribution in [3.8, 4) is 0 Å². The van der Waals surface area contributed by atoms with Crippen LogP contribution in [0.2, 0.25) is 0 Å². The Morgan fingerprint density at radius 1 is 1.86 bits per heavy atom. The molecule has 0 spiro atoms. The summed E-state index contributed by atoms with van der Waals surface area (Å²) in [4.78, 5) is 0. The number of hydrogen-bond acceptors (Lipinski definition) is 3. The Morgan fingerprint density at radius 2 is 2.71 bits per heavy atom. The maximum atomic E-state index is 5.38. The Kier molecular flexibility index (Phi) is 1.62. The van der Waals surface area contributed by atoms with E-state index in [0.717, 1.165) is 6.54 Å². The van der Waals surface area contributed by atoms with Gasteiger partial charge in [0.1, 0.15) is 0 Å². The fourth-order valence-electron chi connectivity index (χ4n) is 0.489. The lowest BCUT2D eigenvalue weighted by Gasteiger charge is -2.18. The molecule has 1 radical (unpaired) electrons. The summed E-state index contributed by atoms with van der Waals surface area (Å²) in [6.45, 7) is 3.07. The third-order valence-corrected chi connectivity index (χ3v) is 0.857. The van der Waals surface area contributed by atoms with Crippen molar-refractivity contribution in [2.45, 2.75) is 6.17 Å². The first kappa shape index (κ1) is 5.03. The molecule has 1 aliphatic rings. The summed E-state index contributed by atoms with van der Waals surface area (Å²) in [5.41, 5.74) is 5.38. The summed E-state index contributed by atoms with van der Waals surface area (Å²) in [7, 11) is 0. The Bertz CT molecular complexity index is 51.7. The third kappa shape index (κ3) is 1.43. The maximum absolute atomic E-state index is 5.38. The van der Waals surface area contributed by atoms with E-state index < -0.39 is 0 Å². The summed E-state index contributed by atoms with van der Waals surface area (Å²) >= 11 is 0. The summed E-state index contributed by atoms with van der Waals surface area (Å²) < 4.78 is 4.87. The highest BCUT2D eigenvalue weighted by Crippen LogP contribution is 1.87. The Balaban J connectivity index is 2.12. The van der Waals surface area contributed by atoms with Crippen LogP contribution in [-0.2, 0) is 4.74 Å². The standard InChI is InChI=1S/C4H9N2O/c5-4-3-7-2-1-6-4/h2,4,6H,1,3,5H2. The molecule has 1 fully saturated rings. The minimum absolute atomic E-state index is 0.0324. The van der Waals surface area contributed by atoms with Crippen molar-refractivity contribution in [2.75, 3.05) is 13.2 Å². The number of ether oxygens (including phenoxy) is 1. The Labute approximate surface area is 42.8 Å². The topological polar surface area (TPSA) is 47.3 Å². The highest BCUT2D eigenvalue weighted by Gasteiger charge is 2.05. The summed E-state index contributed by atoms with van der Waals surface area (Å²) in [6.07, 6.45) is 0.0324. The fraction of sp³-hybridized carbons (Fsp3) is 0.750. The molecule has 0 bridgehead atoms. The molecule has 1 heterocycles. The monoisotopic (exact) mass is 101 g/mol. The van der Waals surface area contributed by atoms with Crippen molar-refractivity contribution >= 4 is 0 Å². The van der Waals surface area contributed by atoms with Crippen molar-refractivity contribution in [3.63, 3.8) is 0 Å². The molecule has 3 nitrogen and oxygen atoms in total. The van der Waals surface area contributed by atoms with Gasteiger partial charge in [0, 0.05) is 6.54 Å². The predicted molar refractivity (Wildman–Crippen MR) is 26.2 cm³/mol. The molecule has 7 heavy (non-hydrogen) atoms. The molecule has 3 N–H and O–H groups in total. The van der Waals surface area contributed by atoms with Crippen LogP contribution in [0, 0.1) is 6.61 Å². The first-order valence-electron chi connectivity index (χ1n) is 2.32. The van der Waals surface area contributed by atoms with Crippen LogP contribution in [0.5, 0.6) is 0 Å². The lowest BCUT2D eigenvalue weighted by molar-refractivity contribution is 0.132. The van der Waals surface area contributed by atoms with Crippen LogP contribution in [0.15, 0.2) is 0 Å². The van der Waals surface area contributed by atoms with Gasteiger partial charge in [-0.2, -0.15) is 0 Å². The van der Waals surface area contributed by atoms with Crippen LogP contribution in [0.4, 0.5) is 0 Å². The number of morpholine rings is 1. The van der Waals surface area contributed by atoms with Crippen molar-refractivity contribution in [2.24, 2.45) is 5.73 Å². The molecule has 0 aliphatic carbocycles. The zero-order chi connectivity index (χ0) is 5.11. The van der Waals surface area contributed by atoms with Crippen LogP contribution in [0.25, 0.3) is 0 Å². The molecule has 1 aliphatic heterocycles. The molecule has 41 valence electrons. The number of nitrogens with one attached hydrogen (secondary N) is 1. The van der Waals surface area contributed by atoms with E-state index in [-0.39, 0.29) is 6.17 Å². The van der Waals surface area contributed by atoms with Gasteiger partial charge in [-0.15, -0.1) is 0 Å². The average molecular weight is 101 g/mol. The lowest BCUT2D eigenvalue weighted by Crippen LogP contribution is -2.45. The molecule has 0 aromatic heterocycles. The van der Waals surface area contributed by atoms with Crippen LogP contribution in [0.3, 0.4) is 0 Å². The smallest absolute Gasteiger partial charge is 0.0975 e. The molecule has 1 rings (SSSR count). The van der Waals surface area contributed by atoms with Gasteiger partial charge in [-0.05, 0) is 0 Å². The molecule has 0 amide bonds. The quantitative estimate of drug-likeness (QED) is 0.413. The highest BCUT2D eigenvalue weighted by atomic mass is 16.5. The van der Waals surface area contributed by atoms with Gasteiger partial charge in [0.2, 0.25) is 0 Å². The van der Waals surface area contributed by atoms with Gasteiger partial charge in [-0.25, -0.2) is 0 Å². The Morgan fingerprint density at radius 3 is 3.00 bits per heavy atom. The second kappa shape index (κ2) is 2.26. The largest absolute Gasteiger partial charge is 0.371 e. The number of hydrogen-bond donors (Lipinski definition) is 2. The van der Waals surface area contributed by atoms with Crippen LogP contribution in [-0.4, -0.2) is 19.3 Å². The van der Waals surface area contributed by atoms with E-state index in [4.69, 9.17) is 10.5 Å². The van der Waals surface area contributed by atoms with E-state index in [9.17, 15) is 0 Å².